The summed E-state index contributed by atoms with van der Waals surface area (Å²) in [6, 6.07) is 12.0. The van der Waals surface area contributed by atoms with E-state index in [0.717, 1.165) is 34.9 Å². The third kappa shape index (κ3) is 4.09. The Balaban J connectivity index is 1.79. The van der Waals surface area contributed by atoms with Crippen LogP contribution in [0.2, 0.25) is 0 Å². The van der Waals surface area contributed by atoms with Gasteiger partial charge in [-0.15, -0.1) is 0 Å². The summed E-state index contributed by atoms with van der Waals surface area (Å²) in [4.78, 5) is 15.6. The van der Waals surface area contributed by atoms with E-state index in [-0.39, 0.29) is 17.8 Å². The lowest BCUT2D eigenvalue weighted by Crippen LogP contribution is -2.37. The van der Waals surface area contributed by atoms with E-state index in [0.29, 0.717) is 18.7 Å². The zero-order valence-electron chi connectivity index (χ0n) is 14.5. The summed E-state index contributed by atoms with van der Waals surface area (Å²) < 4.78 is 13.1. The van der Waals surface area contributed by atoms with Gasteiger partial charge in [-0.2, -0.15) is 0 Å². The summed E-state index contributed by atoms with van der Waals surface area (Å²) in [7, 11) is 0. The molecule has 1 atom stereocenters. The molecule has 0 bridgehead atoms. The van der Waals surface area contributed by atoms with Crippen LogP contribution in [0.3, 0.4) is 0 Å². The lowest BCUT2D eigenvalue weighted by Gasteiger charge is -2.12. The minimum absolute atomic E-state index is 0.109. The van der Waals surface area contributed by atoms with Gasteiger partial charge in [0.25, 0.3) is 5.91 Å². The molecule has 6 N–H and O–H groups in total. The highest BCUT2D eigenvalue weighted by Crippen LogP contribution is 2.26. The molecule has 26 heavy (non-hydrogen) atoms. The van der Waals surface area contributed by atoms with Crippen molar-refractivity contribution >= 4 is 16.8 Å². The molecule has 1 amide bonds. The van der Waals surface area contributed by atoms with Crippen molar-refractivity contribution in [3.05, 3.63) is 60.0 Å². The molecular weight excluding hydrogens is 331 g/mol. The number of benzene rings is 2. The Kier molecular flexibility index (Phi) is 5.65. The quantitative estimate of drug-likeness (QED) is 0.525. The highest BCUT2D eigenvalue weighted by molar-refractivity contribution is 6.07. The summed E-state index contributed by atoms with van der Waals surface area (Å²) in [5.41, 5.74) is 14.7. The molecule has 3 aromatic rings. The smallest absolute Gasteiger partial charge is 0.253 e. The third-order valence-electron chi connectivity index (χ3n) is 4.41. The Bertz CT molecular complexity index is 888. The summed E-state index contributed by atoms with van der Waals surface area (Å²) in [5, 5.41) is 3.70. The Labute approximate surface area is 151 Å². The molecule has 0 aliphatic carbocycles. The number of rotatable bonds is 7. The molecule has 136 valence electrons. The van der Waals surface area contributed by atoms with E-state index >= 15 is 0 Å². The van der Waals surface area contributed by atoms with E-state index in [2.05, 4.69) is 10.3 Å². The number of nitrogens with one attached hydrogen (secondary N) is 2. The van der Waals surface area contributed by atoms with Crippen molar-refractivity contribution in [1.29, 1.82) is 0 Å². The summed E-state index contributed by atoms with van der Waals surface area (Å²) in [6.07, 6.45) is 3.31. The van der Waals surface area contributed by atoms with Gasteiger partial charge in [-0.3, -0.25) is 4.79 Å². The molecule has 5 nitrogen and oxygen atoms in total. The minimum atomic E-state index is -0.275. The fourth-order valence-electron chi connectivity index (χ4n) is 2.93. The van der Waals surface area contributed by atoms with E-state index in [1.165, 1.54) is 12.1 Å². The molecule has 0 saturated heterocycles. The first-order valence-electron chi connectivity index (χ1n) is 8.69. The lowest BCUT2D eigenvalue weighted by molar-refractivity contribution is 0.0952. The Morgan fingerprint density at radius 3 is 2.62 bits per heavy atom. The fourth-order valence-corrected chi connectivity index (χ4v) is 2.93. The second-order valence-electron chi connectivity index (χ2n) is 6.37. The standard InChI is InChI=1S/C20H23FN4O/c21-15-6-3-13(4-7-15)14-5-8-19-17(10-14)18(12-24-19)20(26)25-11-16(23)2-1-9-22/h3-8,10,12,16,24H,1-2,9,11,22-23H2,(H,25,26)/t16-/m0/s1. The number of carbonyl (C=O) groups is 1. The maximum absolute atomic E-state index is 13.1. The predicted molar refractivity (Wildman–Crippen MR) is 102 cm³/mol. The largest absolute Gasteiger partial charge is 0.360 e. The number of halogens is 1. The predicted octanol–water partition coefficient (Wildman–Crippen LogP) is 2.77. The number of nitrogens with two attached hydrogens (primary N) is 2. The number of aromatic amines is 1. The van der Waals surface area contributed by atoms with Crippen LogP contribution in [0.25, 0.3) is 22.0 Å². The van der Waals surface area contributed by atoms with Gasteiger partial charge >= 0.3 is 0 Å². The highest BCUT2D eigenvalue weighted by atomic mass is 19.1. The van der Waals surface area contributed by atoms with Crippen LogP contribution in [0.5, 0.6) is 0 Å². The van der Waals surface area contributed by atoms with Crippen molar-refractivity contribution in [3.63, 3.8) is 0 Å². The molecule has 2 aromatic carbocycles. The SMILES string of the molecule is NCCC[C@H](N)CNC(=O)c1c[nH]c2ccc(-c3ccc(F)cc3)cc12. The summed E-state index contributed by atoms with van der Waals surface area (Å²) >= 11 is 0. The molecule has 0 radical (unpaired) electrons. The molecule has 0 saturated carbocycles. The normalized spacial score (nSPS) is 12.3. The lowest BCUT2D eigenvalue weighted by atomic mass is 10.0. The second kappa shape index (κ2) is 8.12. The van der Waals surface area contributed by atoms with Crippen molar-refractivity contribution in [2.45, 2.75) is 18.9 Å². The second-order valence-corrected chi connectivity index (χ2v) is 6.37. The van der Waals surface area contributed by atoms with Gasteiger partial charge in [-0.1, -0.05) is 18.2 Å². The van der Waals surface area contributed by atoms with Crippen LogP contribution >= 0.6 is 0 Å². The van der Waals surface area contributed by atoms with E-state index in [1.807, 2.05) is 18.2 Å². The minimum Gasteiger partial charge on any atom is -0.360 e. The number of fused-ring (bicyclic) bond motifs is 1. The van der Waals surface area contributed by atoms with Gasteiger partial charge in [-0.05, 0) is 54.8 Å². The monoisotopic (exact) mass is 354 g/mol. The molecule has 1 aromatic heterocycles. The van der Waals surface area contributed by atoms with Crippen LogP contribution in [-0.4, -0.2) is 30.0 Å². The van der Waals surface area contributed by atoms with Gasteiger partial charge in [0.2, 0.25) is 0 Å². The number of carbonyl (C=O) groups excluding carboxylic acids is 1. The topological polar surface area (TPSA) is 96.9 Å². The Morgan fingerprint density at radius 1 is 1.15 bits per heavy atom. The highest BCUT2D eigenvalue weighted by Gasteiger charge is 2.14. The Hall–Kier alpha value is -2.70. The number of hydrogen-bond donors (Lipinski definition) is 4. The van der Waals surface area contributed by atoms with Gasteiger partial charge in [0.1, 0.15) is 5.82 Å². The van der Waals surface area contributed by atoms with Crippen LogP contribution in [-0.2, 0) is 0 Å². The molecule has 0 spiro atoms. The molecule has 0 unspecified atom stereocenters. The van der Waals surface area contributed by atoms with Crippen molar-refractivity contribution in [1.82, 2.24) is 10.3 Å². The molecule has 0 fully saturated rings. The van der Waals surface area contributed by atoms with Gasteiger partial charge < -0.3 is 21.8 Å². The van der Waals surface area contributed by atoms with Gasteiger partial charge in [-0.25, -0.2) is 4.39 Å². The van der Waals surface area contributed by atoms with E-state index in [1.54, 1.807) is 18.3 Å². The number of hydrogen-bond acceptors (Lipinski definition) is 3. The molecule has 0 aliphatic rings. The van der Waals surface area contributed by atoms with Crippen LogP contribution in [0, 0.1) is 5.82 Å². The maximum Gasteiger partial charge on any atom is 0.253 e. The summed E-state index contributed by atoms with van der Waals surface area (Å²) in [6.45, 7) is 0.999. The number of aromatic nitrogens is 1. The molecular formula is C20H23FN4O. The van der Waals surface area contributed by atoms with Crippen molar-refractivity contribution in [2.24, 2.45) is 11.5 Å². The zero-order valence-corrected chi connectivity index (χ0v) is 14.5. The average Bonchev–Trinajstić information content (AvgIpc) is 3.08. The first-order valence-corrected chi connectivity index (χ1v) is 8.69. The van der Waals surface area contributed by atoms with Gasteiger partial charge in [0, 0.05) is 29.7 Å². The van der Waals surface area contributed by atoms with Crippen LogP contribution in [0.4, 0.5) is 4.39 Å². The van der Waals surface area contributed by atoms with E-state index in [4.69, 9.17) is 11.5 Å². The number of H-pyrrole nitrogens is 1. The van der Waals surface area contributed by atoms with Crippen LogP contribution in [0.1, 0.15) is 23.2 Å². The third-order valence-corrected chi connectivity index (χ3v) is 4.41. The van der Waals surface area contributed by atoms with Crippen LogP contribution in [0.15, 0.2) is 48.7 Å². The molecule has 0 aliphatic heterocycles. The average molecular weight is 354 g/mol. The molecule has 1 heterocycles. The van der Waals surface area contributed by atoms with Crippen molar-refractivity contribution < 1.29 is 9.18 Å². The van der Waals surface area contributed by atoms with E-state index < -0.39 is 0 Å². The zero-order chi connectivity index (χ0) is 18.5. The van der Waals surface area contributed by atoms with Crippen LogP contribution < -0.4 is 16.8 Å². The molecule has 6 heteroatoms. The van der Waals surface area contributed by atoms with Crippen molar-refractivity contribution in [3.8, 4) is 11.1 Å². The maximum atomic E-state index is 13.1. The fraction of sp³-hybridized carbons (Fsp3) is 0.250. The van der Waals surface area contributed by atoms with Gasteiger partial charge in [0.05, 0.1) is 5.56 Å². The van der Waals surface area contributed by atoms with E-state index in [9.17, 15) is 9.18 Å². The van der Waals surface area contributed by atoms with Gasteiger partial charge in [0.15, 0.2) is 0 Å². The first-order chi connectivity index (χ1) is 12.6. The summed E-state index contributed by atoms with van der Waals surface area (Å²) in [5.74, 6) is -0.446. The van der Waals surface area contributed by atoms with Crippen molar-refractivity contribution in [2.75, 3.05) is 13.1 Å². The Morgan fingerprint density at radius 2 is 1.88 bits per heavy atom. The number of amides is 1. The molecule has 3 rings (SSSR count). The first kappa shape index (κ1) is 18.1.